The van der Waals surface area contributed by atoms with Gasteiger partial charge in [-0.2, -0.15) is 0 Å². The molecule has 1 aromatic carbocycles. The average Bonchev–Trinajstić information content (AvgIpc) is 2.58. The fourth-order valence-electron chi connectivity index (χ4n) is 2.13. The Morgan fingerprint density at radius 1 is 1.15 bits per heavy atom. The third-order valence-corrected chi connectivity index (χ3v) is 3.42. The zero-order valence-electron chi connectivity index (χ0n) is 11.3. The summed E-state index contributed by atoms with van der Waals surface area (Å²) in [4.78, 5) is 4.42. The molecule has 1 aliphatic heterocycles. The second-order valence-electron chi connectivity index (χ2n) is 4.94. The molecule has 1 aliphatic carbocycles. The van der Waals surface area contributed by atoms with E-state index in [0.717, 1.165) is 36.4 Å². The molecule has 3 rings (SSSR count). The van der Waals surface area contributed by atoms with Gasteiger partial charge in [0, 0.05) is 18.2 Å². The van der Waals surface area contributed by atoms with Crippen LogP contribution in [0.4, 0.5) is 5.69 Å². The van der Waals surface area contributed by atoms with Crippen LogP contribution < -0.4 is 20.5 Å². The van der Waals surface area contributed by atoms with Crippen molar-refractivity contribution in [2.24, 2.45) is 10.7 Å². The van der Waals surface area contributed by atoms with Gasteiger partial charge in [0.2, 0.25) is 0 Å². The molecule has 110 valence electrons. The lowest BCUT2D eigenvalue weighted by Gasteiger charge is -2.21. The molecule has 0 unspecified atom stereocenters. The molecule has 3 N–H and O–H groups in total. The summed E-state index contributed by atoms with van der Waals surface area (Å²) in [5, 5.41) is 3.10. The number of nitrogens with one attached hydrogen (secondary N) is 1. The van der Waals surface area contributed by atoms with Crippen molar-refractivity contribution in [2.45, 2.75) is 31.7 Å². The van der Waals surface area contributed by atoms with E-state index in [1.807, 2.05) is 18.2 Å². The number of nitrogens with zero attached hydrogens (tertiary/aromatic N) is 1. The lowest BCUT2D eigenvalue weighted by Crippen LogP contribution is -2.27. The second-order valence-corrected chi connectivity index (χ2v) is 4.94. The topological polar surface area (TPSA) is 68.9 Å². The fraction of sp³-hybridized carbons (Fsp3) is 0.500. The first-order valence-corrected chi connectivity index (χ1v) is 6.81. The highest BCUT2D eigenvalue weighted by molar-refractivity contribution is 14.0. The average molecular weight is 389 g/mol. The molecule has 0 saturated heterocycles. The Morgan fingerprint density at radius 3 is 2.60 bits per heavy atom. The molecule has 0 atom stereocenters. The number of hydrogen-bond donors (Lipinski definition) is 2. The first-order valence-electron chi connectivity index (χ1n) is 6.81. The number of anilines is 1. The number of benzene rings is 1. The molecular formula is C14H20IN3O2. The van der Waals surface area contributed by atoms with Gasteiger partial charge < -0.3 is 20.5 Å². The first-order chi connectivity index (χ1) is 9.31. The molecular weight excluding hydrogens is 369 g/mol. The summed E-state index contributed by atoms with van der Waals surface area (Å²) < 4.78 is 11.2. The van der Waals surface area contributed by atoms with E-state index < -0.39 is 0 Å². The molecule has 1 fully saturated rings. The molecule has 0 bridgehead atoms. The molecule has 6 heteroatoms. The van der Waals surface area contributed by atoms with Crippen molar-refractivity contribution in [2.75, 3.05) is 18.5 Å². The summed E-state index contributed by atoms with van der Waals surface area (Å²) in [5.74, 6) is 2.02. The van der Waals surface area contributed by atoms with Gasteiger partial charge in [-0.15, -0.1) is 24.0 Å². The predicted octanol–water partition coefficient (Wildman–Crippen LogP) is 2.75. The number of rotatable bonds is 2. The van der Waals surface area contributed by atoms with Crippen molar-refractivity contribution in [1.82, 2.24) is 0 Å². The Morgan fingerprint density at radius 2 is 1.90 bits per heavy atom. The molecule has 0 aromatic heterocycles. The summed E-state index contributed by atoms with van der Waals surface area (Å²) in [7, 11) is 0. The van der Waals surface area contributed by atoms with Crippen LogP contribution >= 0.6 is 24.0 Å². The van der Waals surface area contributed by atoms with E-state index >= 15 is 0 Å². The quantitative estimate of drug-likeness (QED) is 0.464. The monoisotopic (exact) mass is 389 g/mol. The van der Waals surface area contributed by atoms with E-state index in [-0.39, 0.29) is 24.0 Å². The molecule has 0 spiro atoms. The minimum Gasteiger partial charge on any atom is -0.490 e. The lowest BCUT2D eigenvalue weighted by atomic mass is 9.94. The third-order valence-electron chi connectivity index (χ3n) is 3.42. The summed E-state index contributed by atoms with van der Waals surface area (Å²) in [6.45, 7) is 1.38. The molecule has 1 saturated carbocycles. The zero-order valence-corrected chi connectivity index (χ0v) is 13.6. The van der Waals surface area contributed by atoms with E-state index in [4.69, 9.17) is 15.2 Å². The molecule has 5 nitrogen and oxygen atoms in total. The maximum absolute atomic E-state index is 5.89. The van der Waals surface area contributed by atoms with Crippen LogP contribution in [0.5, 0.6) is 11.5 Å². The summed E-state index contributed by atoms with van der Waals surface area (Å²) >= 11 is 0. The van der Waals surface area contributed by atoms with Gasteiger partial charge in [-0.05, 0) is 31.4 Å². The van der Waals surface area contributed by atoms with Crippen molar-refractivity contribution in [3.05, 3.63) is 18.2 Å². The van der Waals surface area contributed by atoms with Gasteiger partial charge in [-0.1, -0.05) is 0 Å². The van der Waals surface area contributed by atoms with Crippen molar-refractivity contribution in [3.8, 4) is 11.5 Å². The number of fused-ring (bicyclic) bond motifs is 1. The van der Waals surface area contributed by atoms with Crippen LogP contribution in [0.15, 0.2) is 23.2 Å². The highest BCUT2D eigenvalue weighted by atomic mass is 127. The summed E-state index contributed by atoms with van der Waals surface area (Å²) in [5.41, 5.74) is 6.77. The summed E-state index contributed by atoms with van der Waals surface area (Å²) in [6.07, 6.45) is 4.45. The van der Waals surface area contributed by atoms with Gasteiger partial charge in [0.25, 0.3) is 0 Å². The maximum Gasteiger partial charge on any atom is 0.193 e. The van der Waals surface area contributed by atoms with Gasteiger partial charge in [0.15, 0.2) is 17.5 Å². The van der Waals surface area contributed by atoms with E-state index in [2.05, 4.69) is 10.3 Å². The van der Waals surface area contributed by atoms with Gasteiger partial charge in [0.1, 0.15) is 0 Å². The van der Waals surface area contributed by atoms with Crippen LogP contribution in [0.1, 0.15) is 25.7 Å². The number of halogens is 1. The molecule has 2 aliphatic rings. The van der Waals surface area contributed by atoms with Crippen LogP contribution in [-0.2, 0) is 0 Å². The standard InChI is InChI=1S/C14H19N3O2.HI/c15-14(16-10-3-1-4-10)17-11-5-6-12-13(9-11)19-8-2-7-18-12;/h5-6,9-10H,1-4,7-8H2,(H3,15,16,17);1H. The van der Waals surface area contributed by atoms with Crippen LogP contribution in [0.3, 0.4) is 0 Å². The number of aliphatic imine (C=N–C) groups is 1. The number of hydrogen-bond acceptors (Lipinski definition) is 3. The highest BCUT2D eigenvalue weighted by Crippen LogP contribution is 2.32. The van der Waals surface area contributed by atoms with Gasteiger partial charge >= 0.3 is 0 Å². The van der Waals surface area contributed by atoms with E-state index in [1.165, 1.54) is 6.42 Å². The van der Waals surface area contributed by atoms with Crippen LogP contribution in [0, 0.1) is 0 Å². The minimum absolute atomic E-state index is 0. The Hall–Kier alpha value is -1.18. The fourth-order valence-corrected chi connectivity index (χ4v) is 2.13. The van der Waals surface area contributed by atoms with E-state index in [1.54, 1.807) is 0 Å². The molecule has 0 amide bonds. The Kier molecular flexibility index (Phi) is 5.33. The SMILES string of the molecule is I.NC(=NC1CCC1)Nc1ccc2c(c1)OCCCO2. The molecule has 1 heterocycles. The Bertz CT molecular complexity index is 489. The first kappa shape index (κ1) is 15.2. The van der Waals surface area contributed by atoms with Crippen molar-refractivity contribution in [1.29, 1.82) is 0 Å². The van der Waals surface area contributed by atoms with Crippen molar-refractivity contribution >= 4 is 35.6 Å². The number of ether oxygens (including phenoxy) is 2. The lowest BCUT2D eigenvalue weighted by molar-refractivity contribution is 0.297. The van der Waals surface area contributed by atoms with E-state index in [9.17, 15) is 0 Å². The van der Waals surface area contributed by atoms with Crippen molar-refractivity contribution in [3.63, 3.8) is 0 Å². The Balaban J connectivity index is 0.00000147. The largest absolute Gasteiger partial charge is 0.490 e. The molecule has 20 heavy (non-hydrogen) atoms. The number of guanidine groups is 1. The normalized spacial score (nSPS) is 18.5. The molecule has 1 aromatic rings. The Labute approximate surface area is 135 Å². The summed E-state index contributed by atoms with van der Waals surface area (Å²) in [6, 6.07) is 6.13. The highest BCUT2D eigenvalue weighted by Gasteiger charge is 2.16. The predicted molar refractivity (Wildman–Crippen MR) is 90.3 cm³/mol. The van der Waals surface area contributed by atoms with Gasteiger partial charge in [-0.3, -0.25) is 0 Å². The number of nitrogens with two attached hydrogens (primary N) is 1. The van der Waals surface area contributed by atoms with Gasteiger partial charge in [-0.25, -0.2) is 4.99 Å². The van der Waals surface area contributed by atoms with Gasteiger partial charge in [0.05, 0.1) is 19.3 Å². The zero-order chi connectivity index (χ0) is 13.1. The minimum atomic E-state index is 0. The van der Waals surface area contributed by atoms with Crippen LogP contribution in [0.25, 0.3) is 0 Å². The molecule has 0 radical (unpaired) electrons. The third kappa shape index (κ3) is 3.68. The van der Waals surface area contributed by atoms with Crippen LogP contribution in [-0.4, -0.2) is 25.2 Å². The van der Waals surface area contributed by atoms with Crippen molar-refractivity contribution < 1.29 is 9.47 Å². The van der Waals surface area contributed by atoms with E-state index in [0.29, 0.717) is 25.2 Å². The smallest absolute Gasteiger partial charge is 0.193 e. The second kappa shape index (κ2) is 7.01. The van der Waals surface area contributed by atoms with Crippen LogP contribution in [0.2, 0.25) is 0 Å². The maximum atomic E-state index is 5.89.